The molecule has 1 aliphatic carbocycles. The Bertz CT molecular complexity index is 261. The molecule has 0 amide bonds. The molecule has 0 aromatic rings. The number of nitrogens with zero attached hydrogens (tertiary/aromatic N) is 1. The molecule has 1 nitrogen and oxygen atoms in total. The molecule has 0 spiro atoms. The van der Waals surface area contributed by atoms with Gasteiger partial charge in [0.05, 0.1) is 6.07 Å². The zero-order valence-corrected chi connectivity index (χ0v) is 7.31. The van der Waals surface area contributed by atoms with Crippen LogP contribution in [0.3, 0.4) is 0 Å². The SMILES string of the molecule is CC1=C(C#N)C(C)(C)CC=C1. The van der Waals surface area contributed by atoms with Gasteiger partial charge in [-0.2, -0.15) is 5.26 Å². The predicted molar refractivity (Wildman–Crippen MR) is 45.9 cm³/mol. The summed E-state index contributed by atoms with van der Waals surface area (Å²) >= 11 is 0. The first-order chi connectivity index (χ1) is 5.08. The van der Waals surface area contributed by atoms with Gasteiger partial charge in [0.25, 0.3) is 0 Å². The Hall–Kier alpha value is -1.03. The molecule has 0 fully saturated rings. The van der Waals surface area contributed by atoms with Crippen LogP contribution in [-0.4, -0.2) is 0 Å². The van der Waals surface area contributed by atoms with Gasteiger partial charge in [-0.25, -0.2) is 0 Å². The van der Waals surface area contributed by atoms with Gasteiger partial charge in [-0.1, -0.05) is 26.0 Å². The third-order valence-corrected chi connectivity index (χ3v) is 2.18. The van der Waals surface area contributed by atoms with E-state index in [0.717, 1.165) is 17.6 Å². The monoisotopic (exact) mass is 147 g/mol. The van der Waals surface area contributed by atoms with E-state index in [-0.39, 0.29) is 5.41 Å². The molecular formula is C10H13N. The lowest BCUT2D eigenvalue weighted by Crippen LogP contribution is -2.16. The van der Waals surface area contributed by atoms with Crippen molar-refractivity contribution in [2.75, 3.05) is 0 Å². The van der Waals surface area contributed by atoms with Crippen molar-refractivity contribution in [3.05, 3.63) is 23.3 Å². The van der Waals surface area contributed by atoms with Gasteiger partial charge in [0, 0.05) is 11.0 Å². The van der Waals surface area contributed by atoms with E-state index in [1.807, 2.05) is 13.0 Å². The molecular weight excluding hydrogens is 134 g/mol. The third-order valence-electron chi connectivity index (χ3n) is 2.18. The summed E-state index contributed by atoms with van der Waals surface area (Å²) < 4.78 is 0. The molecule has 1 heteroatoms. The van der Waals surface area contributed by atoms with Crippen molar-refractivity contribution in [3.63, 3.8) is 0 Å². The first-order valence-electron chi connectivity index (χ1n) is 3.86. The Morgan fingerprint density at radius 1 is 1.55 bits per heavy atom. The summed E-state index contributed by atoms with van der Waals surface area (Å²) in [4.78, 5) is 0. The molecule has 0 heterocycles. The highest BCUT2D eigenvalue weighted by molar-refractivity contribution is 5.41. The van der Waals surface area contributed by atoms with Gasteiger partial charge in [-0.15, -0.1) is 0 Å². The van der Waals surface area contributed by atoms with Crippen LogP contribution >= 0.6 is 0 Å². The summed E-state index contributed by atoms with van der Waals surface area (Å²) in [6.07, 6.45) is 5.15. The fourth-order valence-corrected chi connectivity index (χ4v) is 1.49. The Morgan fingerprint density at radius 2 is 2.18 bits per heavy atom. The van der Waals surface area contributed by atoms with Crippen LogP contribution < -0.4 is 0 Å². The fraction of sp³-hybridized carbons (Fsp3) is 0.500. The Balaban J connectivity index is 3.13. The summed E-state index contributed by atoms with van der Waals surface area (Å²) in [5.74, 6) is 0. The van der Waals surface area contributed by atoms with Crippen molar-refractivity contribution in [1.82, 2.24) is 0 Å². The van der Waals surface area contributed by atoms with E-state index >= 15 is 0 Å². The van der Waals surface area contributed by atoms with Crippen molar-refractivity contribution in [3.8, 4) is 6.07 Å². The van der Waals surface area contributed by atoms with Gasteiger partial charge in [0.15, 0.2) is 0 Å². The number of hydrogen-bond donors (Lipinski definition) is 0. The van der Waals surface area contributed by atoms with E-state index in [1.165, 1.54) is 0 Å². The topological polar surface area (TPSA) is 23.8 Å². The summed E-state index contributed by atoms with van der Waals surface area (Å²) in [5.41, 5.74) is 2.09. The number of nitriles is 1. The second-order valence-electron chi connectivity index (χ2n) is 3.66. The van der Waals surface area contributed by atoms with Crippen molar-refractivity contribution in [1.29, 1.82) is 5.26 Å². The summed E-state index contributed by atoms with van der Waals surface area (Å²) in [7, 11) is 0. The van der Waals surface area contributed by atoms with E-state index < -0.39 is 0 Å². The van der Waals surface area contributed by atoms with Gasteiger partial charge in [-0.05, 0) is 18.9 Å². The average molecular weight is 147 g/mol. The standard InChI is InChI=1S/C10H13N/c1-8-5-4-6-10(2,3)9(8)7-11/h4-5H,6H2,1-3H3. The minimum Gasteiger partial charge on any atom is -0.193 e. The molecule has 0 saturated carbocycles. The van der Waals surface area contributed by atoms with Gasteiger partial charge in [0.1, 0.15) is 0 Å². The minimum atomic E-state index is 0.0492. The zero-order chi connectivity index (χ0) is 8.48. The highest BCUT2D eigenvalue weighted by Gasteiger charge is 2.25. The van der Waals surface area contributed by atoms with Crippen molar-refractivity contribution in [2.45, 2.75) is 27.2 Å². The maximum Gasteiger partial charge on any atom is 0.0955 e. The summed E-state index contributed by atoms with van der Waals surface area (Å²) in [6, 6.07) is 2.27. The first kappa shape index (κ1) is 8.07. The normalized spacial score (nSPS) is 21.6. The number of rotatable bonds is 0. The fourth-order valence-electron chi connectivity index (χ4n) is 1.49. The van der Waals surface area contributed by atoms with Gasteiger partial charge >= 0.3 is 0 Å². The first-order valence-corrected chi connectivity index (χ1v) is 3.86. The lowest BCUT2D eigenvalue weighted by atomic mass is 9.76. The second kappa shape index (κ2) is 2.54. The Labute approximate surface area is 68.0 Å². The molecule has 0 unspecified atom stereocenters. The van der Waals surface area contributed by atoms with Crippen LogP contribution in [-0.2, 0) is 0 Å². The molecule has 0 N–H and O–H groups in total. The van der Waals surface area contributed by atoms with Crippen molar-refractivity contribution >= 4 is 0 Å². The third kappa shape index (κ3) is 1.35. The van der Waals surface area contributed by atoms with E-state index in [4.69, 9.17) is 5.26 Å². The van der Waals surface area contributed by atoms with E-state index in [9.17, 15) is 0 Å². The van der Waals surface area contributed by atoms with E-state index in [2.05, 4.69) is 26.0 Å². The van der Waals surface area contributed by atoms with Gasteiger partial charge in [0.2, 0.25) is 0 Å². The van der Waals surface area contributed by atoms with Gasteiger partial charge in [-0.3, -0.25) is 0 Å². The predicted octanol–water partition coefficient (Wildman–Crippen LogP) is 2.81. The van der Waals surface area contributed by atoms with Crippen LogP contribution in [0.5, 0.6) is 0 Å². The molecule has 0 radical (unpaired) electrons. The largest absolute Gasteiger partial charge is 0.193 e. The molecule has 0 aromatic carbocycles. The Morgan fingerprint density at radius 3 is 2.55 bits per heavy atom. The minimum absolute atomic E-state index is 0.0492. The highest BCUT2D eigenvalue weighted by Crippen LogP contribution is 2.35. The highest BCUT2D eigenvalue weighted by atomic mass is 14.3. The van der Waals surface area contributed by atoms with Crippen LogP contribution in [0.4, 0.5) is 0 Å². The summed E-state index contributed by atoms with van der Waals surface area (Å²) in [6.45, 7) is 6.22. The van der Waals surface area contributed by atoms with Crippen molar-refractivity contribution < 1.29 is 0 Å². The number of allylic oxidation sites excluding steroid dienone is 4. The molecule has 11 heavy (non-hydrogen) atoms. The second-order valence-corrected chi connectivity index (χ2v) is 3.66. The van der Waals surface area contributed by atoms with Crippen LogP contribution in [0.1, 0.15) is 27.2 Å². The van der Waals surface area contributed by atoms with Crippen LogP contribution in [0, 0.1) is 16.7 Å². The molecule has 1 aliphatic rings. The van der Waals surface area contributed by atoms with E-state index in [1.54, 1.807) is 0 Å². The van der Waals surface area contributed by atoms with Crippen LogP contribution in [0.2, 0.25) is 0 Å². The molecule has 1 rings (SSSR count). The van der Waals surface area contributed by atoms with Crippen LogP contribution in [0.25, 0.3) is 0 Å². The summed E-state index contributed by atoms with van der Waals surface area (Å²) in [5, 5.41) is 8.86. The molecule has 0 atom stereocenters. The lowest BCUT2D eigenvalue weighted by molar-refractivity contribution is 0.458. The number of hydrogen-bond acceptors (Lipinski definition) is 1. The molecule has 0 bridgehead atoms. The zero-order valence-electron chi connectivity index (χ0n) is 7.31. The molecule has 0 aliphatic heterocycles. The maximum absolute atomic E-state index is 8.86. The van der Waals surface area contributed by atoms with Crippen LogP contribution in [0.15, 0.2) is 23.3 Å². The van der Waals surface area contributed by atoms with Crippen molar-refractivity contribution in [2.24, 2.45) is 5.41 Å². The quantitative estimate of drug-likeness (QED) is 0.517. The van der Waals surface area contributed by atoms with E-state index in [0.29, 0.717) is 0 Å². The van der Waals surface area contributed by atoms with Gasteiger partial charge < -0.3 is 0 Å². The molecule has 0 aromatic heterocycles. The molecule has 0 saturated heterocycles. The molecule has 58 valence electrons. The Kier molecular flexibility index (Phi) is 1.87. The average Bonchev–Trinajstić information content (AvgIpc) is 1.86. The lowest BCUT2D eigenvalue weighted by Gasteiger charge is -2.26. The maximum atomic E-state index is 8.86. The smallest absolute Gasteiger partial charge is 0.0955 e.